The Kier molecular flexibility index (Phi) is 4.52. The van der Waals surface area contributed by atoms with E-state index in [1.54, 1.807) is 0 Å². The molecule has 110 valence electrons. The zero-order valence-corrected chi connectivity index (χ0v) is 11.3. The third kappa shape index (κ3) is 3.42. The Labute approximate surface area is 119 Å². The summed E-state index contributed by atoms with van der Waals surface area (Å²) in [5.74, 6) is -2.07. The monoisotopic (exact) mass is 306 g/mol. The summed E-state index contributed by atoms with van der Waals surface area (Å²) in [6.45, 7) is 0. The molecular weight excluding hydrogens is 293 g/mol. The Balaban J connectivity index is 2.11. The average molecular weight is 307 g/mol. The number of rotatable bonds is 2. The number of carbonyl (C=O) groups excluding carboxylic acids is 1. The van der Waals surface area contributed by atoms with E-state index in [0.29, 0.717) is 19.3 Å². The standard InChI is InChI=1S/C13H14ClF3N2O/c14-10-7-18-6-5-8(10)12(20)19-11-4-2-1-3-9(11)13(15,16)17/h5-7,9,11H,1-4H2,(H,19,20). The lowest BCUT2D eigenvalue weighted by Crippen LogP contribution is -2.47. The Bertz CT molecular complexity index is 493. The van der Waals surface area contributed by atoms with Crippen molar-refractivity contribution in [3.05, 3.63) is 29.0 Å². The molecule has 0 saturated heterocycles. The number of alkyl halides is 3. The van der Waals surface area contributed by atoms with E-state index < -0.39 is 24.0 Å². The van der Waals surface area contributed by atoms with Crippen molar-refractivity contribution < 1.29 is 18.0 Å². The van der Waals surface area contributed by atoms with Crippen LogP contribution in [0.25, 0.3) is 0 Å². The Morgan fingerprint density at radius 3 is 2.70 bits per heavy atom. The first kappa shape index (κ1) is 15.1. The van der Waals surface area contributed by atoms with Gasteiger partial charge >= 0.3 is 6.18 Å². The van der Waals surface area contributed by atoms with Crippen LogP contribution >= 0.6 is 11.6 Å². The summed E-state index contributed by atoms with van der Waals surface area (Å²) < 4.78 is 38.8. The van der Waals surface area contributed by atoms with Crippen LogP contribution in [0.15, 0.2) is 18.5 Å². The van der Waals surface area contributed by atoms with Crippen molar-refractivity contribution in [2.75, 3.05) is 0 Å². The van der Waals surface area contributed by atoms with Gasteiger partial charge < -0.3 is 5.32 Å². The van der Waals surface area contributed by atoms with Gasteiger partial charge in [0.1, 0.15) is 0 Å². The van der Waals surface area contributed by atoms with Gasteiger partial charge in [-0.2, -0.15) is 13.2 Å². The van der Waals surface area contributed by atoms with Gasteiger partial charge in [0.25, 0.3) is 5.91 Å². The van der Waals surface area contributed by atoms with Crippen molar-refractivity contribution in [3.8, 4) is 0 Å². The molecule has 1 aromatic heterocycles. The van der Waals surface area contributed by atoms with Crippen LogP contribution in [-0.2, 0) is 0 Å². The number of hydrogen-bond donors (Lipinski definition) is 1. The van der Waals surface area contributed by atoms with Crippen LogP contribution in [0.4, 0.5) is 13.2 Å². The van der Waals surface area contributed by atoms with E-state index >= 15 is 0 Å². The number of nitrogens with one attached hydrogen (secondary N) is 1. The lowest BCUT2D eigenvalue weighted by Gasteiger charge is -2.33. The molecule has 20 heavy (non-hydrogen) atoms. The van der Waals surface area contributed by atoms with E-state index in [0.717, 1.165) is 0 Å². The highest BCUT2D eigenvalue weighted by Crippen LogP contribution is 2.37. The van der Waals surface area contributed by atoms with Gasteiger partial charge in [-0.1, -0.05) is 24.4 Å². The van der Waals surface area contributed by atoms with Gasteiger partial charge in [0.15, 0.2) is 0 Å². The second kappa shape index (κ2) is 5.99. The molecule has 1 amide bonds. The summed E-state index contributed by atoms with van der Waals surface area (Å²) in [6.07, 6.45) is -0.0206. The van der Waals surface area contributed by atoms with E-state index in [1.165, 1.54) is 18.5 Å². The number of hydrogen-bond acceptors (Lipinski definition) is 2. The molecule has 7 heteroatoms. The first-order chi connectivity index (χ1) is 9.39. The molecule has 2 atom stereocenters. The maximum Gasteiger partial charge on any atom is 0.393 e. The average Bonchev–Trinajstić information content (AvgIpc) is 2.38. The molecule has 0 radical (unpaired) electrons. The highest BCUT2D eigenvalue weighted by molar-refractivity contribution is 6.33. The van der Waals surface area contributed by atoms with Crippen molar-refractivity contribution in [2.24, 2.45) is 5.92 Å². The lowest BCUT2D eigenvalue weighted by atomic mass is 9.84. The zero-order chi connectivity index (χ0) is 14.8. The smallest absolute Gasteiger partial charge is 0.349 e. The van der Waals surface area contributed by atoms with Gasteiger partial charge in [0, 0.05) is 18.4 Å². The molecule has 1 N–H and O–H groups in total. The zero-order valence-electron chi connectivity index (χ0n) is 10.6. The van der Waals surface area contributed by atoms with E-state index in [4.69, 9.17) is 11.6 Å². The second-order valence-electron chi connectivity index (χ2n) is 4.87. The predicted octanol–water partition coefficient (Wildman–Crippen LogP) is 3.59. The molecule has 0 aromatic carbocycles. The SMILES string of the molecule is O=C(NC1CCCCC1C(F)(F)F)c1ccncc1Cl. The summed E-state index contributed by atoms with van der Waals surface area (Å²) in [6, 6.07) is 0.504. The number of pyridine rings is 1. The molecule has 0 bridgehead atoms. The molecule has 1 aromatic rings. The van der Waals surface area contributed by atoms with Crippen LogP contribution in [-0.4, -0.2) is 23.1 Å². The van der Waals surface area contributed by atoms with E-state index in [9.17, 15) is 18.0 Å². The number of aromatic nitrogens is 1. The third-order valence-electron chi connectivity index (χ3n) is 3.52. The molecule has 1 heterocycles. The minimum atomic E-state index is -4.29. The Hall–Kier alpha value is -1.30. The van der Waals surface area contributed by atoms with Crippen molar-refractivity contribution in [3.63, 3.8) is 0 Å². The predicted molar refractivity (Wildman–Crippen MR) is 68.5 cm³/mol. The third-order valence-corrected chi connectivity index (χ3v) is 3.82. The van der Waals surface area contributed by atoms with Crippen LogP contribution in [0.3, 0.4) is 0 Å². The Morgan fingerprint density at radius 2 is 2.05 bits per heavy atom. The first-order valence-corrected chi connectivity index (χ1v) is 6.74. The van der Waals surface area contributed by atoms with Crippen molar-refractivity contribution in [2.45, 2.75) is 37.9 Å². The van der Waals surface area contributed by atoms with Crippen LogP contribution in [0.5, 0.6) is 0 Å². The number of carbonyl (C=O) groups is 1. The Morgan fingerprint density at radius 1 is 1.35 bits per heavy atom. The summed E-state index contributed by atoms with van der Waals surface area (Å²) in [5.41, 5.74) is 0.146. The van der Waals surface area contributed by atoms with Gasteiger partial charge in [-0.05, 0) is 18.9 Å². The fraction of sp³-hybridized carbons (Fsp3) is 0.538. The molecule has 2 rings (SSSR count). The maximum absolute atomic E-state index is 12.9. The quantitative estimate of drug-likeness (QED) is 0.907. The largest absolute Gasteiger partial charge is 0.393 e. The molecular formula is C13H14ClF3N2O. The summed E-state index contributed by atoms with van der Waals surface area (Å²) in [5, 5.41) is 2.59. The summed E-state index contributed by atoms with van der Waals surface area (Å²) in [7, 11) is 0. The lowest BCUT2D eigenvalue weighted by molar-refractivity contribution is -0.187. The van der Waals surface area contributed by atoms with Crippen molar-refractivity contribution in [1.82, 2.24) is 10.3 Å². The molecule has 3 nitrogen and oxygen atoms in total. The minimum Gasteiger partial charge on any atom is -0.349 e. The molecule has 1 saturated carbocycles. The van der Waals surface area contributed by atoms with E-state index in [1.807, 2.05) is 0 Å². The molecule has 1 aliphatic rings. The second-order valence-corrected chi connectivity index (χ2v) is 5.28. The topological polar surface area (TPSA) is 42.0 Å². The van der Waals surface area contributed by atoms with Gasteiger partial charge in [-0.15, -0.1) is 0 Å². The summed E-state index contributed by atoms with van der Waals surface area (Å²) >= 11 is 5.82. The normalized spacial score (nSPS) is 23.4. The van der Waals surface area contributed by atoms with Gasteiger partial charge in [-0.25, -0.2) is 0 Å². The van der Waals surface area contributed by atoms with Crippen LogP contribution in [0.2, 0.25) is 5.02 Å². The highest BCUT2D eigenvalue weighted by Gasteiger charge is 2.46. The van der Waals surface area contributed by atoms with Gasteiger partial charge in [0.05, 0.1) is 16.5 Å². The fourth-order valence-corrected chi connectivity index (χ4v) is 2.71. The van der Waals surface area contributed by atoms with Crippen molar-refractivity contribution in [1.29, 1.82) is 0 Å². The van der Waals surface area contributed by atoms with E-state index in [-0.39, 0.29) is 17.0 Å². The first-order valence-electron chi connectivity index (χ1n) is 6.36. The highest BCUT2D eigenvalue weighted by atomic mass is 35.5. The van der Waals surface area contributed by atoms with Gasteiger partial charge in [-0.3, -0.25) is 9.78 Å². The van der Waals surface area contributed by atoms with Crippen LogP contribution in [0, 0.1) is 5.92 Å². The van der Waals surface area contributed by atoms with Crippen LogP contribution < -0.4 is 5.32 Å². The summed E-state index contributed by atoms with van der Waals surface area (Å²) in [4.78, 5) is 15.8. The molecule has 0 spiro atoms. The number of halogens is 4. The van der Waals surface area contributed by atoms with E-state index in [2.05, 4.69) is 10.3 Å². The van der Waals surface area contributed by atoms with Crippen molar-refractivity contribution >= 4 is 17.5 Å². The molecule has 1 aliphatic carbocycles. The fourth-order valence-electron chi connectivity index (χ4n) is 2.50. The molecule has 2 unspecified atom stereocenters. The number of amides is 1. The molecule has 1 fully saturated rings. The maximum atomic E-state index is 12.9. The van der Waals surface area contributed by atoms with Gasteiger partial charge in [0.2, 0.25) is 0 Å². The minimum absolute atomic E-state index is 0.0541. The molecule has 0 aliphatic heterocycles. The number of nitrogens with zero attached hydrogens (tertiary/aromatic N) is 1. The van der Waals surface area contributed by atoms with Crippen LogP contribution in [0.1, 0.15) is 36.0 Å².